The molecule has 1 aromatic carbocycles. The van der Waals surface area contributed by atoms with Gasteiger partial charge in [0.05, 0.1) is 18.9 Å². The molecule has 2 aromatic heterocycles. The molecule has 3 heterocycles. The zero-order chi connectivity index (χ0) is 19.1. The SMILES string of the molecule is Cc1nc(N)sc1C.c1cnc(Nc2ccc(N3CCOCC3)cc2)nc1. The molecule has 0 bridgehead atoms. The largest absolute Gasteiger partial charge is 0.378 e. The van der Waals surface area contributed by atoms with Crippen molar-refractivity contribution in [2.45, 2.75) is 13.8 Å². The predicted molar refractivity (Wildman–Crippen MR) is 111 cm³/mol. The number of thiazole rings is 1. The van der Waals surface area contributed by atoms with E-state index in [4.69, 9.17) is 10.5 Å². The van der Waals surface area contributed by atoms with Crippen LogP contribution in [-0.4, -0.2) is 41.3 Å². The second-order valence-corrected chi connectivity index (χ2v) is 7.27. The lowest BCUT2D eigenvalue weighted by Crippen LogP contribution is -2.36. The number of nitrogens with two attached hydrogens (primary N) is 1. The number of aromatic nitrogens is 3. The van der Waals surface area contributed by atoms with Crippen LogP contribution in [0.1, 0.15) is 10.6 Å². The van der Waals surface area contributed by atoms with Crippen molar-refractivity contribution in [1.82, 2.24) is 15.0 Å². The molecular weight excluding hydrogens is 360 g/mol. The summed E-state index contributed by atoms with van der Waals surface area (Å²) in [7, 11) is 0. The van der Waals surface area contributed by atoms with Crippen molar-refractivity contribution in [1.29, 1.82) is 0 Å². The van der Waals surface area contributed by atoms with Gasteiger partial charge in [-0.2, -0.15) is 0 Å². The molecule has 0 unspecified atom stereocenters. The average molecular weight is 385 g/mol. The molecule has 1 saturated heterocycles. The van der Waals surface area contributed by atoms with Crippen molar-refractivity contribution in [3.05, 3.63) is 53.3 Å². The molecule has 142 valence electrons. The third kappa shape index (κ3) is 5.63. The predicted octanol–water partition coefficient (Wildman–Crippen LogP) is 3.40. The lowest BCUT2D eigenvalue weighted by Gasteiger charge is -2.28. The van der Waals surface area contributed by atoms with Gasteiger partial charge in [0.2, 0.25) is 5.95 Å². The van der Waals surface area contributed by atoms with Crippen LogP contribution >= 0.6 is 11.3 Å². The van der Waals surface area contributed by atoms with Gasteiger partial charge in [-0.05, 0) is 44.2 Å². The van der Waals surface area contributed by atoms with E-state index < -0.39 is 0 Å². The van der Waals surface area contributed by atoms with Crippen LogP contribution in [0.2, 0.25) is 0 Å². The Balaban J connectivity index is 0.000000221. The Kier molecular flexibility index (Phi) is 6.56. The van der Waals surface area contributed by atoms with E-state index >= 15 is 0 Å². The van der Waals surface area contributed by atoms with E-state index in [-0.39, 0.29) is 0 Å². The molecule has 3 aromatic rings. The van der Waals surface area contributed by atoms with E-state index in [0.29, 0.717) is 11.1 Å². The van der Waals surface area contributed by atoms with Crippen molar-refractivity contribution in [3.63, 3.8) is 0 Å². The molecule has 0 saturated carbocycles. The van der Waals surface area contributed by atoms with E-state index in [0.717, 1.165) is 37.7 Å². The highest BCUT2D eigenvalue weighted by atomic mass is 32.1. The molecule has 0 spiro atoms. The zero-order valence-electron chi connectivity index (χ0n) is 15.6. The summed E-state index contributed by atoms with van der Waals surface area (Å²) in [5, 5.41) is 3.84. The molecule has 1 aliphatic heterocycles. The lowest BCUT2D eigenvalue weighted by molar-refractivity contribution is 0.122. The first-order valence-corrected chi connectivity index (χ1v) is 9.60. The van der Waals surface area contributed by atoms with Gasteiger partial charge in [-0.3, -0.25) is 0 Å². The molecular formula is C19H24N6OS. The molecule has 0 amide bonds. The summed E-state index contributed by atoms with van der Waals surface area (Å²) in [4.78, 5) is 15.8. The van der Waals surface area contributed by atoms with Gasteiger partial charge >= 0.3 is 0 Å². The minimum Gasteiger partial charge on any atom is -0.378 e. The molecule has 4 rings (SSSR count). The quantitative estimate of drug-likeness (QED) is 0.715. The van der Waals surface area contributed by atoms with Crippen molar-refractivity contribution in [2.24, 2.45) is 0 Å². The summed E-state index contributed by atoms with van der Waals surface area (Å²) in [5.74, 6) is 0.613. The highest BCUT2D eigenvalue weighted by Gasteiger charge is 2.10. The van der Waals surface area contributed by atoms with E-state index in [1.54, 1.807) is 18.5 Å². The number of nitrogens with one attached hydrogen (secondary N) is 1. The minimum absolute atomic E-state index is 0.613. The molecule has 1 aliphatic rings. The zero-order valence-corrected chi connectivity index (χ0v) is 16.4. The maximum Gasteiger partial charge on any atom is 0.227 e. The first kappa shape index (κ1) is 19.1. The van der Waals surface area contributed by atoms with Crippen LogP contribution in [0.5, 0.6) is 0 Å². The van der Waals surface area contributed by atoms with Crippen molar-refractivity contribution in [3.8, 4) is 0 Å². The van der Waals surface area contributed by atoms with Gasteiger partial charge < -0.3 is 20.7 Å². The first-order chi connectivity index (χ1) is 13.1. The molecule has 0 aliphatic carbocycles. The molecule has 0 radical (unpaired) electrons. The number of nitrogen functional groups attached to an aromatic ring is 1. The van der Waals surface area contributed by atoms with Gasteiger partial charge in [0.1, 0.15) is 0 Å². The summed E-state index contributed by atoms with van der Waals surface area (Å²) in [6.07, 6.45) is 3.44. The maximum atomic E-state index is 5.39. The van der Waals surface area contributed by atoms with Crippen LogP contribution in [0.25, 0.3) is 0 Å². The highest BCUT2D eigenvalue weighted by Crippen LogP contribution is 2.20. The summed E-state index contributed by atoms with van der Waals surface area (Å²) in [6, 6.07) is 10.1. The number of aryl methyl sites for hydroxylation is 2. The molecule has 1 fully saturated rings. The van der Waals surface area contributed by atoms with Crippen LogP contribution in [0.15, 0.2) is 42.7 Å². The van der Waals surface area contributed by atoms with Crippen LogP contribution in [0, 0.1) is 13.8 Å². The van der Waals surface area contributed by atoms with E-state index in [2.05, 4.69) is 37.3 Å². The van der Waals surface area contributed by atoms with Crippen LogP contribution < -0.4 is 16.0 Å². The Bertz CT molecular complexity index is 812. The Hall–Kier alpha value is -2.71. The van der Waals surface area contributed by atoms with E-state index in [9.17, 15) is 0 Å². The molecule has 3 N–H and O–H groups in total. The second-order valence-electron chi connectivity index (χ2n) is 6.04. The number of hydrogen-bond acceptors (Lipinski definition) is 8. The Morgan fingerprint density at radius 1 is 1.07 bits per heavy atom. The van der Waals surface area contributed by atoms with Gasteiger partial charge in [0.25, 0.3) is 0 Å². The third-order valence-corrected chi connectivity index (χ3v) is 5.01. The number of hydrogen-bond donors (Lipinski definition) is 2. The number of benzene rings is 1. The van der Waals surface area contributed by atoms with Crippen LogP contribution in [-0.2, 0) is 4.74 Å². The van der Waals surface area contributed by atoms with Crippen molar-refractivity contribution < 1.29 is 4.74 Å². The highest BCUT2D eigenvalue weighted by molar-refractivity contribution is 7.15. The van der Waals surface area contributed by atoms with E-state index in [1.165, 1.54) is 21.9 Å². The number of ether oxygens (including phenoxy) is 1. The van der Waals surface area contributed by atoms with Crippen molar-refractivity contribution >= 4 is 33.8 Å². The summed E-state index contributed by atoms with van der Waals surface area (Å²) < 4.78 is 5.35. The standard InChI is InChI=1S/C14H16N4O.C5H8N2S/c1-6-15-14(16-7-1)17-12-2-4-13(5-3-12)18-8-10-19-11-9-18;1-3-4(2)8-5(6)7-3/h1-7H,8-11H2,(H,15,16,17);1-2H3,(H2,6,7). The van der Waals surface area contributed by atoms with Gasteiger partial charge in [-0.15, -0.1) is 11.3 Å². The smallest absolute Gasteiger partial charge is 0.227 e. The van der Waals surface area contributed by atoms with Crippen LogP contribution in [0.3, 0.4) is 0 Å². The molecule has 0 atom stereocenters. The molecule has 7 nitrogen and oxygen atoms in total. The van der Waals surface area contributed by atoms with Gasteiger partial charge in [0.15, 0.2) is 5.13 Å². The Morgan fingerprint density at radius 2 is 1.74 bits per heavy atom. The first-order valence-electron chi connectivity index (χ1n) is 8.78. The fourth-order valence-corrected chi connectivity index (χ4v) is 3.26. The Morgan fingerprint density at radius 3 is 2.26 bits per heavy atom. The monoisotopic (exact) mass is 384 g/mol. The van der Waals surface area contributed by atoms with Crippen molar-refractivity contribution in [2.75, 3.05) is 42.3 Å². The summed E-state index contributed by atoms with van der Waals surface area (Å²) >= 11 is 1.54. The number of rotatable bonds is 3. The second kappa shape index (κ2) is 9.29. The average Bonchev–Trinajstić information content (AvgIpc) is 2.99. The fourth-order valence-electron chi connectivity index (χ4n) is 2.57. The maximum absolute atomic E-state index is 5.39. The summed E-state index contributed by atoms with van der Waals surface area (Å²) in [5.41, 5.74) is 8.65. The number of anilines is 4. The van der Waals surface area contributed by atoms with E-state index in [1.807, 2.05) is 26.0 Å². The van der Waals surface area contributed by atoms with Gasteiger partial charge in [0, 0.05) is 41.7 Å². The van der Waals surface area contributed by atoms with Gasteiger partial charge in [-0.25, -0.2) is 15.0 Å². The molecule has 8 heteroatoms. The minimum atomic E-state index is 0.613. The number of morpholine rings is 1. The molecule has 27 heavy (non-hydrogen) atoms. The fraction of sp³-hybridized carbons (Fsp3) is 0.316. The normalized spacial score (nSPS) is 13.6. The third-order valence-electron chi connectivity index (χ3n) is 4.11. The number of nitrogens with zero attached hydrogens (tertiary/aromatic N) is 4. The summed E-state index contributed by atoms with van der Waals surface area (Å²) in [6.45, 7) is 7.49. The van der Waals surface area contributed by atoms with Crippen LogP contribution in [0.4, 0.5) is 22.5 Å². The topological polar surface area (TPSA) is 89.2 Å². The Labute approximate surface area is 163 Å². The van der Waals surface area contributed by atoms with Gasteiger partial charge in [-0.1, -0.05) is 0 Å². The lowest BCUT2D eigenvalue weighted by atomic mass is 10.2.